The Morgan fingerprint density at radius 1 is 1.22 bits per heavy atom. The number of nitrogens with zero attached hydrogens (tertiary/aromatic N) is 2. The molecule has 7 heteroatoms. The van der Waals surface area contributed by atoms with Crippen LogP contribution in [-0.4, -0.2) is 26.3 Å². The zero-order valence-electron chi connectivity index (χ0n) is 13.6. The van der Waals surface area contributed by atoms with Gasteiger partial charge in [0.05, 0.1) is 5.25 Å². The molecule has 0 spiro atoms. The Bertz CT molecular complexity index is 654. The highest BCUT2D eigenvalue weighted by Gasteiger charge is 2.25. The number of carbonyl (C=O) groups excluding carboxylic acids is 1. The number of nitrogens with one attached hydrogen (secondary N) is 2. The third-order valence-electron chi connectivity index (χ3n) is 3.24. The lowest BCUT2D eigenvalue weighted by atomic mass is 10.1. The van der Waals surface area contributed by atoms with E-state index in [1.165, 1.54) is 23.9 Å². The molecule has 0 unspecified atom stereocenters. The predicted molar refractivity (Wildman–Crippen MR) is 90.0 cm³/mol. The normalized spacial score (nSPS) is 12.7. The molecule has 23 heavy (non-hydrogen) atoms. The average Bonchev–Trinajstić information content (AvgIpc) is 2.95. The lowest BCUT2D eigenvalue weighted by molar-refractivity contribution is -0.116. The van der Waals surface area contributed by atoms with Crippen LogP contribution in [0.15, 0.2) is 29.4 Å². The zero-order valence-corrected chi connectivity index (χ0v) is 14.4. The molecule has 2 N–H and O–H groups in total. The number of benzene rings is 1. The van der Waals surface area contributed by atoms with E-state index in [9.17, 15) is 9.18 Å². The first-order valence-electron chi connectivity index (χ1n) is 7.52. The Morgan fingerprint density at radius 2 is 1.87 bits per heavy atom. The number of hydrogen-bond acceptors (Lipinski definition) is 4. The van der Waals surface area contributed by atoms with Gasteiger partial charge in [-0.2, -0.15) is 0 Å². The number of anilines is 1. The molecule has 1 aromatic heterocycles. The first-order valence-corrected chi connectivity index (χ1v) is 8.40. The summed E-state index contributed by atoms with van der Waals surface area (Å²) in [4.78, 5) is 16.9. The summed E-state index contributed by atoms with van der Waals surface area (Å²) in [7, 11) is 0. The monoisotopic (exact) mass is 336 g/mol. The summed E-state index contributed by atoms with van der Waals surface area (Å²) in [6.45, 7) is 7.99. The van der Waals surface area contributed by atoms with Gasteiger partial charge in [0.25, 0.3) is 0 Å². The van der Waals surface area contributed by atoms with Crippen LogP contribution in [0.2, 0.25) is 0 Å². The lowest BCUT2D eigenvalue weighted by Crippen LogP contribution is -2.29. The van der Waals surface area contributed by atoms with E-state index in [0.29, 0.717) is 10.8 Å². The smallest absolute Gasteiger partial charge is 0.238 e. The van der Waals surface area contributed by atoms with Crippen molar-refractivity contribution in [2.45, 2.75) is 44.0 Å². The van der Waals surface area contributed by atoms with E-state index >= 15 is 0 Å². The molecule has 1 heterocycles. The van der Waals surface area contributed by atoms with E-state index < -0.39 is 0 Å². The van der Waals surface area contributed by atoms with Crippen LogP contribution in [0.25, 0.3) is 0 Å². The highest BCUT2D eigenvalue weighted by Crippen LogP contribution is 2.27. The molecule has 2 rings (SSSR count). The maximum absolute atomic E-state index is 12.9. The van der Waals surface area contributed by atoms with E-state index in [1.807, 2.05) is 27.7 Å². The molecule has 0 bridgehead atoms. The summed E-state index contributed by atoms with van der Waals surface area (Å²) in [5.41, 5.74) is 0.570. The number of carbonyl (C=O) groups is 1. The van der Waals surface area contributed by atoms with Crippen molar-refractivity contribution >= 4 is 23.4 Å². The van der Waals surface area contributed by atoms with Crippen LogP contribution in [0.1, 0.15) is 39.4 Å². The second kappa shape index (κ2) is 7.59. The highest BCUT2D eigenvalue weighted by molar-refractivity contribution is 8.00. The Hall–Kier alpha value is -1.89. The minimum Gasteiger partial charge on any atom is -0.325 e. The molecule has 1 amide bonds. The molecular weight excluding hydrogens is 315 g/mol. The van der Waals surface area contributed by atoms with Crippen LogP contribution in [0, 0.1) is 11.7 Å². The quantitative estimate of drug-likeness (QED) is 0.787. The van der Waals surface area contributed by atoms with Crippen molar-refractivity contribution in [1.82, 2.24) is 15.2 Å². The molecule has 0 saturated carbocycles. The SMILES string of the molecule is CC(C)c1nc(S[C@H](C(=O)Nc2ccc(F)cc2)C(C)C)n[nH]1. The van der Waals surface area contributed by atoms with Crippen LogP contribution >= 0.6 is 11.8 Å². The van der Waals surface area contributed by atoms with E-state index in [2.05, 4.69) is 20.5 Å². The number of H-pyrrole nitrogens is 1. The second-order valence-electron chi connectivity index (χ2n) is 5.94. The number of rotatable bonds is 6. The van der Waals surface area contributed by atoms with Crippen molar-refractivity contribution in [3.05, 3.63) is 35.9 Å². The van der Waals surface area contributed by atoms with Gasteiger partial charge < -0.3 is 5.32 Å². The number of thioether (sulfide) groups is 1. The van der Waals surface area contributed by atoms with Gasteiger partial charge in [0.2, 0.25) is 11.1 Å². The summed E-state index contributed by atoms with van der Waals surface area (Å²) in [5.74, 6) is 0.671. The molecule has 5 nitrogen and oxygen atoms in total. The first kappa shape index (κ1) is 17.5. The molecule has 0 aliphatic carbocycles. The fraction of sp³-hybridized carbons (Fsp3) is 0.438. The van der Waals surface area contributed by atoms with Crippen LogP contribution in [0.4, 0.5) is 10.1 Å². The Balaban J connectivity index is 2.07. The Morgan fingerprint density at radius 3 is 2.39 bits per heavy atom. The number of amides is 1. The topological polar surface area (TPSA) is 70.7 Å². The van der Waals surface area contributed by atoms with Gasteiger partial charge in [-0.05, 0) is 30.2 Å². The lowest BCUT2D eigenvalue weighted by Gasteiger charge is -2.18. The molecule has 1 aromatic carbocycles. The van der Waals surface area contributed by atoms with Gasteiger partial charge in [-0.1, -0.05) is 39.5 Å². The van der Waals surface area contributed by atoms with Crippen molar-refractivity contribution in [1.29, 1.82) is 0 Å². The highest BCUT2D eigenvalue weighted by atomic mass is 32.2. The van der Waals surface area contributed by atoms with Gasteiger partial charge in [0, 0.05) is 11.6 Å². The van der Waals surface area contributed by atoms with Crippen molar-refractivity contribution in [2.24, 2.45) is 5.92 Å². The summed E-state index contributed by atoms with van der Waals surface area (Å²) >= 11 is 1.33. The third-order valence-corrected chi connectivity index (χ3v) is 4.64. The molecule has 2 aromatic rings. The second-order valence-corrected chi connectivity index (χ2v) is 7.05. The van der Waals surface area contributed by atoms with Gasteiger partial charge in [-0.15, -0.1) is 5.10 Å². The Labute approximate surface area is 139 Å². The van der Waals surface area contributed by atoms with Crippen LogP contribution < -0.4 is 5.32 Å². The van der Waals surface area contributed by atoms with Crippen molar-refractivity contribution in [2.75, 3.05) is 5.32 Å². The number of halogens is 1. The minimum atomic E-state index is -0.337. The first-order chi connectivity index (χ1) is 10.9. The molecule has 0 saturated heterocycles. The van der Waals surface area contributed by atoms with E-state index in [-0.39, 0.29) is 28.8 Å². The van der Waals surface area contributed by atoms with Crippen LogP contribution in [0.3, 0.4) is 0 Å². The summed E-state index contributed by atoms with van der Waals surface area (Å²) in [6, 6.07) is 5.71. The number of hydrogen-bond donors (Lipinski definition) is 2. The molecule has 1 atom stereocenters. The van der Waals surface area contributed by atoms with E-state index in [1.54, 1.807) is 12.1 Å². The number of aromatic amines is 1. The van der Waals surface area contributed by atoms with Gasteiger partial charge in [-0.3, -0.25) is 9.89 Å². The van der Waals surface area contributed by atoms with Crippen LogP contribution in [-0.2, 0) is 4.79 Å². The summed E-state index contributed by atoms with van der Waals surface area (Å²) in [5, 5.41) is 10.1. The van der Waals surface area contributed by atoms with E-state index in [0.717, 1.165) is 5.82 Å². The molecule has 0 fully saturated rings. The van der Waals surface area contributed by atoms with Gasteiger partial charge in [0.1, 0.15) is 11.6 Å². The van der Waals surface area contributed by atoms with Crippen molar-refractivity contribution in [3.63, 3.8) is 0 Å². The standard InChI is InChI=1S/C16H21FN4OS/c1-9(2)13(23-16-19-14(10(3)4)20-21-16)15(22)18-12-7-5-11(17)6-8-12/h5-10,13H,1-4H3,(H,18,22)(H,19,20,21)/t13-/m0/s1. The van der Waals surface area contributed by atoms with Crippen LogP contribution in [0.5, 0.6) is 0 Å². The average molecular weight is 336 g/mol. The zero-order chi connectivity index (χ0) is 17.0. The maximum Gasteiger partial charge on any atom is 0.238 e. The van der Waals surface area contributed by atoms with E-state index in [4.69, 9.17) is 0 Å². The maximum atomic E-state index is 12.9. The van der Waals surface area contributed by atoms with Crippen molar-refractivity contribution < 1.29 is 9.18 Å². The summed E-state index contributed by atoms with van der Waals surface area (Å²) in [6.07, 6.45) is 0. The Kier molecular flexibility index (Phi) is 5.76. The summed E-state index contributed by atoms with van der Waals surface area (Å²) < 4.78 is 12.9. The fourth-order valence-corrected chi connectivity index (χ4v) is 2.84. The molecule has 124 valence electrons. The van der Waals surface area contributed by atoms with Gasteiger partial charge in [0.15, 0.2) is 0 Å². The third kappa shape index (κ3) is 4.79. The molecule has 0 aliphatic heterocycles. The minimum absolute atomic E-state index is 0.0986. The van der Waals surface area contributed by atoms with Gasteiger partial charge in [-0.25, -0.2) is 9.37 Å². The molecule has 0 radical (unpaired) electrons. The molecular formula is C16H21FN4OS. The largest absolute Gasteiger partial charge is 0.325 e. The number of aromatic nitrogens is 3. The fourth-order valence-electron chi connectivity index (χ4n) is 1.92. The molecule has 0 aliphatic rings. The van der Waals surface area contributed by atoms with Gasteiger partial charge >= 0.3 is 0 Å². The predicted octanol–water partition coefficient (Wildman–Crippen LogP) is 3.82. The van der Waals surface area contributed by atoms with Crippen molar-refractivity contribution in [3.8, 4) is 0 Å².